The minimum atomic E-state index is -0.763. The summed E-state index contributed by atoms with van der Waals surface area (Å²) >= 11 is 0. The Bertz CT molecular complexity index is 1200. The quantitative estimate of drug-likeness (QED) is 0.440. The van der Waals surface area contributed by atoms with E-state index in [4.69, 9.17) is 4.74 Å². The van der Waals surface area contributed by atoms with Crippen molar-refractivity contribution in [1.82, 2.24) is 0 Å². The van der Waals surface area contributed by atoms with Crippen molar-refractivity contribution in [2.45, 2.75) is 20.8 Å². The molecule has 0 aromatic heterocycles. The first-order valence-electron chi connectivity index (χ1n) is 10.0. The number of amides is 1. The summed E-state index contributed by atoms with van der Waals surface area (Å²) in [7, 11) is 0. The highest BCUT2D eigenvalue weighted by molar-refractivity contribution is 6.15. The third-order valence-electron chi connectivity index (χ3n) is 4.94. The molecular weight excluding hydrogens is 406 g/mol. The fourth-order valence-electron chi connectivity index (χ4n) is 3.18. The highest BCUT2D eigenvalue weighted by Crippen LogP contribution is 2.19. The molecule has 0 atom stereocenters. The van der Waals surface area contributed by atoms with E-state index < -0.39 is 18.5 Å². The van der Waals surface area contributed by atoms with Crippen molar-refractivity contribution >= 4 is 29.1 Å². The lowest BCUT2D eigenvalue weighted by Gasteiger charge is -2.11. The molecule has 32 heavy (non-hydrogen) atoms. The van der Waals surface area contributed by atoms with Crippen molar-refractivity contribution in [2.24, 2.45) is 0 Å². The number of Topliss-reactive ketones (excluding diaryl/α,β-unsaturated/α-hetero) is 1. The number of ether oxygens (including phenoxy) is 1. The van der Waals surface area contributed by atoms with Gasteiger partial charge in [-0.3, -0.25) is 14.4 Å². The number of ketones is 2. The van der Waals surface area contributed by atoms with Crippen LogP contribution < -0.4 is 5.32 Å². The monoisotopic (exact) mass is 429 g/mol. The Kier molecular flexibility index (Phi) is 6.95. The van der Waals surface area contributed by atoms with Gasteiger partial charge in [-0.1, -0.05) is 35.9 Å². The van der Waals surface area contributed by atoms with Gasteiger partial charge < -0.3 is 10.1 Å². The van der Waals surface area contributed by atoms with E-state index in [1.54, 1.807) is 48.5 Å². The predicted molar refractivity (Wildman–Crippen MR) is 121 cm³/mol. The molecule has 3 aromatic rings. The second-order valence-electron chi connectivity index (χ2n) is 7.45. The Labute approximate surface area is 186 Å². The van der Waals surface area contributed by atoms with Gasteiger partial charge in [-0.05, 0) is 62.7 Å². The first kappa shape index (κ1) is 22.6. The molecule has 3 rings (SSSR count). The second kappa shape index (κ2) is 9.83. The zero-order chi connectivity index (χ0) is 23.3. The predicted octanol–water partition coefficient (Wildman–Crippen LogP) is 4.53. The molecule has 1 amide bonds. The number of aryl methyl sites for hydroxylation is 2. The van der Waals surface area contributed by atoms with Crippen LogP contribution >= 0.6 is 0 Å². The summed E-state index contributed by atoms with van der Waals surface area (Å²) in [6, 6.07) is 18.3. The minimum absolute atomic E-state index is 0.0779. The lowest BCUT2D eigenvalue weighted by molar-refractivity contribution is -0.119. The zero-order valence-electron chi connectivity index (χ0n) is 18.1. The van der Waals surface area contributed by atoms with Gasteiger partial charge in [0.2, 0.25) is 0 Å². The van der Waals surface area contributed by atoms with Gasteiger partial charge in [0.25, 0.3) is 5.91 Å². The lowest BCUT2D eigenvalue weighted by Crippen LogP contribution is -2.22. The van der Waals surface area contributed by atoms with Gasteiger partial charge in [-0.2, -0.15) is 0 Å². The van der Waals surface area contributed by atoms with E-state index in [9.17, 15) is 19.2 Å². The zero-order valence-corrected chi connectivity index (χ0v) is 18.1. The molecule has 1 N–H and O–H groups in total. The van der Waals surface area contributed by atoms with Gasteiger partial charge in [0.05, 0.1) is 5.56 Å². The van der Waals surface area contributed by atoms with Crippen LogP contribution in [0.1, 0.15) is 54.7 Å². The van der Waals surface area contributed by atoms with E-state index >= 15 is 0 Å². The normalized spacial score (nSPS) is 10.3. The highest BCUT2D eigenvalue weighted by atomic mass is 16.5. The van der Waals surface area contributed by atoms with E-state index in [-0.39, 0.29) is 22.7 Å². The molecular formula is C26H23NO5. The van der Waals surface area contributed by atoms with E-state index in [1.807, 2.05) is 26.0 Å². The molecule has 0 aliphatic carbocycles. The Morgan fingerprint density at radius 3 is 2.12 bits per heavy atom. The summed E-state index contributed by atoms with van der Waals surface area (Å²) in [5.74, 6) is -1.66. The van der Waals surface area contributed by atoms with Crippen molar-refractivity contribution in [3.05, 3.63) is 100 Å². The summed E-state index contributed by atoms with van der Waals surface area (Å²) in [5.41, 5.74) is 3.56. The number of hydrogen-bond donors (Lipinski definition) is 1. The van der Waals surface area contributed by atoms with Crippen LogP contribution in [-0.4, -0.2) is 30.0 Å². The second-order valence-corrected chi connectivity index (χ2v) is 7.45. The SMILES string of the molecule is CC(=O)c1ccc(NC(=O)COC(=O)c2ccccc2C(=O)c2cc(C)ccc2C)cc1. The maximum Gasteiger partial charge on any atom is 0.339 e. The van der Waals surface area contributed by atoms with Gasteiger partial charge >= 0.3 is 5.97 Å². The number of anilines is 1. The summed E-state index contributed by atoms with van der Waals surface area (Å²) in [6.45, 7) is 4.67. The van der Waals surface area contributed by atoms with E-state index in [0.717, 1.165) is 11.1 Å². The number of hydrogen-bond acceptors (Lipinski definition) is 5. The van der Waals surface area contributed by atoms with Crippen LogP contribution in [0.4, 0.5) is 5.69 Å². The van der Waals surface area contributed by atoms with E-state index in [0.29, 0.717) is 16.8 Å². The Hall–Kier alpha value is -4.06. The molecule has 0 spiro atoms. The van der Waals surface area contributed by atoms with Crippen LogP contribution in [0.2, 0.25) is 0 Å². The summed E-state index contributed by atoms with van der Waals surface area (Å²) in [6.07, 6.45) is 0. The maximum absolute atomic E-state index is 13.1. The number of carbonyl (C=O) groups excluding carboxylic acids is 4. The molecule has 0 aliphatic rings. The van der Waals surface area contributed by atoms with Gasteiger partial charge in [-0.25, -0.2) is 4.79 Å². The Morgan fingerprint density at radius 1 is 0.812 bits per heavy atom. The minimum Gasteiger partial charge on any atom is -0.452 e. The lowest BCUT2D eigenvalue weighted by atomic mass is 9.94. The molecule has 0 saturated carbocycles. The Balaban J connectivity index is 1.69. The number of benzene rings is 3. The molecule has 0 radical (unpaired) electrons. The fourth-order valence-corrected chi connectivity index (χ4v) is 3.18. The molecule has 0 aliphatic heterocycles. The maximum atomic E-state index is 13.1. The van der Waals surface area contributed by atoms with Gasteiger partial charge in [0.1, 0.15) is 0 Å². The molecule has 0 bridgehead atoms. The number of carbonyl (C=O) groups is 4. The molecule has 162 valence electrons. The van der Waals surface area contributed by atoms with E-state index in [1.165, 1.54) is 13.0 Å². The average molecular weight is 429 g/mol. The largest absolute Gasteiger partial charge is 0.452 e. The van der Waals surface area contributed by atoms with Crippen LogP contribution in [0.15, 0.2) is 66.7 Å². The van der Waals surface area contributed by atoms with Gasteiger partial charge in [-0.15, -0.1) is 0 Å². The molecule has 0 fully saturated rings. The van der Waals surface area contributed by atoms with Crippen molar-refractivity contribution < 1.29 is 23.9 Å². The van der Waals surface area contributed by atoms with Crippen molar-refractivity contribution in [2.75, 3.05) is 11.9 Å². The average Bonchev–Trinajstić information content (AvgIpc) is 2.79. The van der Waals surface area contributed by atoms with Gasteiger partial charge in [0, 0.05) is 22.4 Å². The molecule has 0 heterocycles. The van der Waals surface area contributed by atoms with Crippen LogP contribution in [0.3, 0.4) is 0 Å². The van der Waals surface area contributed by atoms with Crippen molar-refractivity contribution in [3.63, 3.8) is 0 Å². The molecule has 6 nitrogen and oxygen atoms in total. The van der Waals surface area contributed by atoms with E-state index in [2.05, 4.69) is 5.32 Å². The third kappa shape index (κ3) is 5.35. The van der Waals surface area contributed by atoms with Crippen LogP contribution in [0, 0.1) is 13.8 Å². The molecule has 0 unspecified atom stereocenters. The third-order valence-corrected chi connectivity index (χ3v) is 4.94. The first-order chi connectivity index (χ1) is 15.3. The van der Waals surface area contributed by atoms with Crippen LogP contribution in [0.25, 0.3) is 0 Å². The molecule has 6 heteroatoms. The standard InChI is InChI=1S/C26H23NO5/c1-16-8-9-17(2)23(14-16)25(30)21-6-4-5-7-22(21)26(31)32-15-24(29)27-20-12-10-19(11-13-20)18(3)28/h4-14H,15H2,1-3H3,(H,27,29). The number of esters is 1. The van der Waals surface area contributed by atoms with Gasteiger partial charge in [0.15, 0.2) is 18.2 Å². The Morgan fingerprint density at radius 2 is 1.47 bits per heavy atom. The fraction of sp³-hybridized carbons (Fsp3) is 0.154. The summed E-state index contributed by atoms with van der Waals surface area (Å²) in [5, 5.41) is 2.60. The number of nitrogens with one attached hydrogen (secondary N) is 1. The van der Waals surface area contributed by atoms with Crippen LogP contribution in [0.5, 0.6) is 0 Å². The number of rotatable bonds is 7. The summed E-state index contributed by atoms with van der Waals surface area (Å²) < 4.78 is 5.15. The van der Waals surface area contributed by atoms with Crippen molar-refractivity contribution in [1.29, 1.82) is 0 Å². The highest BCUT2D eigenvalue weighted by Gasteiger charge is 2.21. The summed E-state index contributed by atoms with van der Waals surface area (Å²) in [4.78, 5) is 49.2. The smallest absolute Gasteiger partial charge is 0.339 e. The first-order valence-corrected chi connectivity index (χ1v) is 10.0. The van der Waals surface area contributed by atoms with Crippen LogP contribution in [-0.2, 0) is 9.53 Å². The molecule has 0 saturated heterocycles. The topological polar surface area (TPSA) is 89.5 Å². The molecule has 3 aromatic carbocycles. The van der Waals surface area contributed by atoms with Crippen molar-refractivity contribution in [3.8, 4) is 0 Å².